The van der Waals surface area contributed by atoms with E-state index in [2.05, 4.69) is 20.6 Å². The smallest absolute Gasteiger partial charge is 0.152 e. The van der Waals surface area contributed by atoms with Crippen LogP contribution in [0.5, 0.6) is 0 Å². The second-order valence-corrected chi connectivity index (χ2v) is 8.90. The highest BCUT2D eigenvalue weighted by Gasteiger charge is 2.28. The molecule has 3 rings (SSSR count). The van der Waals surface area contributed by atoms with Crippen molar-refractivity contribution in [3.05, 3.63) is 46.7 Å². The van der Waals surface area contributed by atoms with Gasteiger partial charge in [-0.05, 0) is 37.5 Å². The van der Waals surface area contributed by atoms with Crippen molar-refractivity contribution in [2.45, 2.75) is 25.8 Å². The molecule has 0 spiro atoms. The van der Waals surface area contributed by atoms with Crippen molar-refractivity contribution in [2.24, 2.45) is 0 Å². The SMILES string of the molecule is Cc1nc(NCCc2cccc(Cl)c2)cc(NC2CCS(=O)(=O)C2)n1. The quantitative estimate of drug-likeness (QED) is 0.801. The van der Waals surface area contributed by atoms with Crippen molar-refractivity contribution >= 4 is 33.1 Å². The monoisotopic (exact) mass is 380 g/mol. The molecule has 6 nitrogen and oxygen atoms in total. The Labute approximate surface area is 153 Å². The molecule has 0 bridgehead atoms. The maximum atomic E-state index is 11.6. The number of halogens is 1. The summed E-state index contributed by atoms with van der Waals surface area (Å²) in [4.78, 5) is 8.73. The van der Waals surface area contributed by atoms with Crippen molar-refractivity contribution in [1.82, 2.24) is 9.97 Å². The number of sulfone groups is 1. The van der Waals surface area contributed by atoms with E-state index in [1.165, 1.54) is 0 Å². The Morgan fingerprint density at radius 1 is 1.24 bits per heavy atom. The average Bonchev–Trinajstić information content (AvgIpc) is 2.85. The van der Waals surface area contributed by atoms with Gasteiger partial charge in [0, 0.05) is 23.7 Å². The van der Waals surface area contributed by atoms with E-state index in [-0.39, 0.29) is 17.5 Å². The molecular formula is C17H21ClN4O2S. The van der Waals surface area contributed by atoms with Gasteiger partial charge in [-0.15, -0.1) is 0 Å². The number of aromatic nitrogens is 2. The van der Waals surface area contributed by atoms with Gasteiger partial charge in [-0.3, -0.25) is 0 Å². The molecule has 0 saturated carbocycles. The molecule has 1 unspecified atom stereocenters. The maximum Gasteiger partial charge on any atom is 0.152 e. The van der Waals surface area contributed by atoms with Crippen molar-refractivity contribution in [3.63, 3.8) is 0 Å². The molecular weight excluding hydrogens is 360 g/mol. The highest BCUT2D eigenvalue weighted by Crippen LogP contribution is 2.18. The fraction of sp³-hybridized carbons (Fsp3) is 0.412. The normalized spacial score (nSPS) is 18.9. The zero-order valence-corrected chi connectivity index (χ0v) is 15.6. The van der Waals surface area contributed by atoms with Crippen LogP contribution >= 0.6 is 11.6 Å². The van der Waals surface area contributed by atoms with E-state index in [4.69, 9.17) is 11.6 Å². The van der Waals surface area contributed by atoms with Gasteiger partial charge < -0.3 is 10.6 Å². The minimum absolute atomic E-state index is 0.0846. The molecule has 2 N–H and O–H groups in total. The van der Waals surface area contributed by atoms with E-state index in [9.17, 15) is 8.42 Å². The molecule has 1 aromatic carbocycles. The number of benzene rings is 1. The summed E-state index contributed by atoms with van der Waals surface area (Å²) in [6, 6.07) is 9.50. The average molecular weight is 381 g/mol. The number of nitrogens with zero attached hydrogens (tertiary/aromatic N) is 2. The zero-order valence-electron chi connectivity index (χ0n) is 14.0. The van der Waals surface area contributed by atoms with Crippen LogP contribution in [0, 0.1) is 6.92 Å². The Morgan fingerprint density at radius 2 is 2.04 bits per heavy atom. The van der Waals surface area contributed by atoms with Gasteiger partial charge in [0.15, 0.2) is 9.84 Å². The topological polar surface area (TPSA) is 84.0 Å². The fourth-order valence-electron chi connectivity index (χ4n) is 2.88. The lowest BCUT2D eigenvalue weighted by atomic mass is 10.1. The highest BCUT2D eigenvalue weighted by molar-refractivity contribution is 7.91. The first-order valence-corrected chi connectivity index (χ1v) is 10.4. The number of hydrogen-bond donors (Lipinski definition) is 2. The molecule has 8 heteroatoms. The largest absolute Gasteiger partial charge is 0.370 e. The molecule has 25 heavy (non-hydrogen) atoms. The van der Waals surface area contributed by atoms with Gasteiger partial charge in [0.25, 0.3) is 0 Å². The molecule has 2 heterocycles. The van der Waals surface area contributed by atoms with Gasteiger partial charge in [0.2, 0.25) is 0 Å². The van der Waals surface area contributed by atoms with Crippen molar-refractivity contribution in [2.75, 3.05) is 28.7 Å². The molecule has 2 aromatic rings. The second kappa shape index (κ2) is 7.58. The summed E-state index contributed by atoms with van der Waals surface area (Å²) >= 11 is 5.99. The summed E-state index contributed by atoms with van der Waals surface area (Å²) in [5, 5.41) is 7.22. The van der Waals surface area contributed by atoms with E-state index in [0.717, 1.165) is 22.8 Å². The van der Waals surface area contributed by atoms with Gasteiger partial charge in [-0.25, -0.2) is 18.4 Å². The molecule has 1 atom stereocenters. The van der Waals surface area contributed by atoms with E-state index in [0.29, 0.717) is 24.6 Å². The van der Waals surface area contributed by atoms with Gasteiger partial charge in [-0.1, -0.05) is 23.7 Å². The molecule has 1 saturated heterocycles. The van der Waals surface area contributed by atoms with Crippen LogP contribution in [-0.2, 0) is 16.3 Å². The first-order valence-electron chi connectivity index (χ1n) is 8.21. The van der Waals surface area contributed by atoms with Crippen LogP contribution in [0.25, 0.3) is 0 Å². The number of rotatable bonds is 6. The molecule has 134 valence electrons. The number of aryl methyl sites for hydroxylation is 1. The fourth-order valence-corrected chi connectivity index (χ4v) is 4.76. The lowest BCUT2D eigenvalue weighted by Gasteiger charge is -2.13. The molecule has 0 radical (unpaired) electrons. The van der Waals surface area contributed by atoms with Crippen molar-refractivity contribution in [3.8, 4) is 0 Å². The summed E-state index contributed by atoms with van der Waals surface area (Å²) in [5.41, 5.74) is 1.15. The van der Waals surface area contributed by atoms with E-state index >= 15 is 0 Å². The van der Waals surface area contributed by atoms with Gasteiger partial charge in [-0.2, -0.15) is 0 Å². The van der Waals surface area contributed by atoms with E-state index < -0.39 is 9.84 Å². The molecule has 0 amide bonds. The van der Waals surface area contributed by atoms with Gasteiger partial charge >= 0.3 is 0 Å². The van der Waals surface area contributed by atoms with Crippen molar-refractivity contribution < 1.29 is 8.42 Å². The summed E-state index contributed by atoms with van der Waals surface area (Å²) in [7, 11) is -2.92. The first kappa shape index (κ1) is 17.9. The van der Waals surface area contributed by atoms with E-state index in [1.807, 2.05) is 37.3 Å². The van der Waals surface area contributed by atoms with Gasteiger partial charge in [0.1, 0.15) is 17.5 Å². The predicted molar refractivity (Wildman–Crippen MR) is 101 cm³/mol. The van der Waals surface area contributed by atoms with Crippen LogP contribution in [0.2, 0.25) is 5.02 Å². The molecule has 0 aliphatic carbocycles. The Morgan fingerprint density at radius 3 is 2.76 bits per heavy atom. The Balaban J connectivity index is 1.59. The third kappa shape index (κ3) is 5.31. The summed E-state index contributed by atoms with van der Waals surface area (Å²) < 4.78 is 23.1. The first-order chi connectivity index (χ1) is 11.9. The van der Waals surface area contributed by atoms with Crippen molar-refractivity contribution in [1.29, 1.82) is 0 Å². The minimum atomic E-state index is -2.92. The molecule has 1 aliphatic heterocycles. The van der Waals surface area contributed by atoms with Crippen LogP contribution in [0.3, 0.4) is 0 Å². The van der Waals surface area contributed by atoms with Crippen LogP contribution in [-0.4, -0.2) is 42.5 Å². The van der Waals surface area contributed by atoms with Crippen LogP contribution in [0.4, 0.5) is 11.6 Å². The Kier molecular flexibility index (Phi) is 5.44. The standard InChI is InChI=1S/C17H21ClN4O2S/c1-12-20-16(19-7-5-13-3-2-4-14(18)9-13)10-17(21-12)22-15-6-8-25(23,24)11-15/h2-4,9-10,15H,5-8,11H2,1H3,(H2,19,20,21,22). The number of anilines is 2. The predicted octanol–water partition coefficient (Wildman–Crippen LogP) is 2.69. The summed E-state index contributed by atoms with van der Waals surface area (Å²) in [5.74, 6) is 2.40. The Hall–Kier alpha value is -1.86. The van der Waals surface area contributed by atoms with E-state index in [1.54, 1.807) is 0 Å². The molecule has 1 fully saturated rings. The minimum Gasteiger partial charge on any atom is -0.370 e. The van der Waals surface area contributed by atoms with Crippen LogP contribution in [0.15, 0.2) is 30.3 Å². The number of hydrogen-bond acceptors (Lipinski definition) is 6. The molecule has 1 aliphatic rings. The third-order valence-corrected chi connectivity index (χ3v) is 6.03. The second-order valence-electron chi connectivity index (χ2n) is 6.24. The lowest BCUT2D eigenvalue weighted by Crippen LogP contribution is -2.21. The zero-order chi connectivity index (χ0) is 17.9. The third-order valence-electron chi connectivity index (χ3n) is 4.03. The highest BCUT2D eigenvalue weighted by atomic mass is 35.5. The molecule has 1 aromatic heterocycles. The summed E-state index contributed by atoms with van der Waals surface area (Å²) in [6.07, 6.45) is 1.44. The Bertz CT molecular complexity index is 857. The summed E-state index contributed by atoms with van der Waals surface area (Å²) in [6.45, 7) is 2.53. The van der Waals surface area contributed by atoms with Gasteiger partial charge in [0.05, 0.1) is 11.5 Å². The van der Waals surface area contributed by atoms with Crippen LogP contribution in [0.1, 0.15) is 17.8 Å². The lowest BCUT2D eigenvalue weighted by molar-refractivity contribution is 0.602. The number of nitrogens with one attached hydrogen (secondary N) is 2. The maximum absolute atomic E-state index is 11.6. The van der Waals surface area contributed by atoms with Crippen LogP contribution < -0.4 is 10.6 Å².